The van der Waals surface area contributed by atoms with Crippen molar-refractivity contribution in [1.82, 2.24) is 4.98 Å². The average Bonchev–Trinajstić information content (AvgIpc) is 3.10. The van der Waals surface area contributed by atoms with E-state index in [0.29, 0.717) is 0 Å². The molecule has 0 aliphatic carbocycles. The number of H-pyrrole nitrogens is 1. The number of benzene rings is 2. The zero-order chi connectivity index (χ0) is 18.5. The molecule has 0 amide bonds. The number of nitrogens with one attached hydrogen (secondary N) is 1. The van der Waals surface area contributed by atoms with E-state index in [9.17, 15) is 4.39 Å². The molecule has 0 bridgehead atoms. The number of halogens is 1. The van der Waals surface area contributed by atoms with Crippen LogP contribution in [0.4, 0.5) is 4.39 Å². The van der Waals surface area contributed by atoms with Crippen LogP contribution in [0.25, 0.3) is 6.08 Å². The lowest BCUT2D eigenvalue weighted by Crippen LogP contribution is -2.25. The predicted octanol–water partition coefficient (Wildman–Crippen LogP) is 3.53. The molecule has 4 rings (SSSR count). The first-order valence-corrected chi connectivity index (χ1v) is 9.35. The highest BCUT2D eigenvalue weighted by Gasteiger charge is 1.99. The third-order valence-corrected chi connectivity index (χ3v) is 4.70. The summed E-state index contributed by atoms with van der Waals surface area (Å²) in [5.41, 5.74) is 5.17. The summed E-state index contributed by atoms with van der Waals surface area (Å²) in [7, 11) is 0. The van der Waals surface area contributed by atoms with Crippen molar-refractivity contribution in [2.75, 3.05) is 6.54 Å². The van der Waals surface area contributed by atoms with E-state index in [2.05, 4.69) is 58.2 Å². The van der Waals surface area contributed by atoms with Crippen LogP contribution in [0, 0.1) is 17.7 Å². The number of nitrogens with zero attached hydrogens (tertiary/aromatic N) is 1. The number of rotatable bonds is 4. The maximum absolute atomic E-state index is 13.2. The van der Waals surface area contributed by atoms with Crippen molar-refractivity contribution < 1.29 is 4.39 Å². The molecule has 1 aliphatic rings. The van der Waals surface area contributed by atoms with E-state index in [4.69, 9.17) is 0 Å². The molecule has 1 aromatic heterocycles. The molecule has 27 heavy (non-hydrogen) atoms. The van der Waals surface area contributed by atoms with Crippen LogP contribution in [-0.4, -0.2) is 11.5 Å². The molecule has 0 unspecified atom stereocenters. The van der Waals surface area contributed by atoms with Crippen LogP contribution in [0.5, 0.6) is 0 Å². The van der Waals surface area contributed by atoms with E-state index in [1.807, 2.05) is 6.07 Å². The van der Waals surface area contributed by atoms with Crippen LogP contribution < -0.4 is 10.7 Å². The number of aromatic amines is 1. The Hall–Kier alpha value is -3.12. The molecular weight excluding hydrogens is 335 g/mol. The Kier molecular flexibility index (Phi) is 5.16. The van der Waals surface area contributed by atoms with Gasteiger partial charge in [-0.2, -0.15) is 0 Å². The molecule has 0 saturated carbocycles. The summed E-state index contributed by atoms with van der Waals surface area (Å²) in [5, 5.41) is 1.15. The molecule has 134 valence electrons. The number of aryl methyl sites for hydroxylation is 2. The molecular formula is C24H21FN2. The predicted molar refractivity (Wildman–Crippen MR) is 106 cm³/mol. The van der Waals surface area contributed by atoms with E-state index < -0.39 is 0 Å². The molecule has 2 aromatic carbocycles. The SMILES string of the molecule is Fc1cccc(CCCc2ccc(C#Cc3cc4c([nH]3)=NCCC=4)cc2)c1. The van der Waals surface area contributed by atoms with Gasteiger partial charge in [0.15, 0.2) is 0 Å². The van der Waals surface area contributed by atoms with Gasteiger partial charge in [-0.15, -0.1) is 0 Å². The highest BCUT2D eigenvalue weighted by Crippen LogP contribution is 2.11. The molecule has 0 saturated heterocycles. The van der Waals surface area contributed by atoms with E-state index in [1.54, 1.807) is 12.1 Å². The Bertz CT molecular complexity index is 1080. The lowest BCUT2D eigenvalue weighted by molar-refractivity contribution is 0.624. The van der Waals surface area contributed by atoms with Gasteiger partial charge in [-0.05, 0) is 73.1 Å². The molecule has 0 atom stereocenters. The zero-order valence-corrected chi connectivity index (χ0v) is 15.1. The van der Waals surface area contributed by atoms with Gasteiger partial charge >= 0.3 is 0 Å². The fourth-order valence-corrected chi connectivity index (χ4v) is 3.29. The first-order chi connectivity index (χ1) is 13.3. The number of hydrogen-bond donors (Lipinski definition) is 1. The standard InChI is InChI=1S/C24H21FN2/c25-22-8-2-6-20(16-22)5-1-4-18-9-11-19(12-10-18)13-14-23-17-21-7-3-15-26-24(21)27-23/h2,6-12,16-17H,1,3-5,15H2,(H,26,27). The summed E-state index contributed by atoms with van der Waals surface area (Å²) in [6.45, 7) is 0.848. The molecule has 3 aromatic rings. The van der Waals surface area contributed by atoms with E-state index >= 15 is 0 Å². The van der Waals surface area contributed by atoms with Gasteiger partial charge < -0.3 is 4.98 Å². The molecule has 1 N–H and O–H groups in total. The third kappa shape index (κ3) is 4.54. The lowest BCUT2D eigenvalue weighted by atomic mass is 10.0. The van der Waals surface area contributed by atoms with Crippen molar-refractivity contribution in [2.24, 2.45) is 4.99 Å². The molecule has 3 heteroatoms. The van der Waals surface area contributed by atoms with Crippen molar-refractivity contribution >= 4 is 6.08 Å². The van der Waals surface area contributed by atoms with E-state index in [1.165, 1.54) is 11.6 Å². The Balaban J connectivity index is 1.36. The first kappa shape index (κ1) is 17.3. The Labute approximate surface area is 158 Å². The van der Waals surface area contributed by atoms with Crippen LogP contribution in [0.3, 0.4) is 0 Å². The van der Waals surface area contributed by atoms with Gasteiger partial charge in [-0.25, -0.2) is 4.39 Å². The van der Waals surface area contributed by atoms with Crippen LogP contribution in [0.15, 0.2) is 59.6 Å². The van der Waals surface area contributed by atoms with Crippen molar-refractivity contribution in [1.29, 1.82) is 0 Å². The fraction of sp³-hybridized carbons (Fsp3) is 0.208. The highest BCUT2D eigenvalue weighted by atomic mass is 19.1. The van der Waals surface area contributed by atoms with Crippen LogP contribution >= 0.6 is 0 Å². The number of aromatic nitrogens is 1. The van der Waals surface area contributed by atoms with Crippen LogP contribution in [-0.2, 0) is 12.8 Å². The smallest absolute Gasteiger partial charge is 0.132 e. The van der Waals surface area contributed by atoms with Crippen LogP contribution in [0.2, 0.25) is 0 Å². The fourth-order valence-electron chi connectivity index (χ4n) is 3.29. The van der Waals surface area contributed by atoms with Crippen molar-refractivity contribution in [3.05, 3.63) is 93.5 Å². The highest BCUT2D eigenvalue weighted by molar-refractivity contribution is 5.42. The quantitative estimate of drug-likeness (QED) is 0.693. The van der Waals surface area contributed by atoms with Gasteiger partial charge in [0.25, 0.3) is 0 Å². The number of hydrogen-bond acceptors (Lipinski definition) is 1. The molecule has 2 heterocycles. The maximum atomic E-state index is 13.2. The Morgan fingerprint density at radius 2 is 1.81 bits per heavy atom. The van der Waals surface area contributed by atoms with E-state index in [-0.39, 0.29) is 5.82 Å². The van der Waals surface area contributed by atoms with Crippen LogP contribution in [0.1, 0.15) is 35.2 Å². The van der Waals surface area contributed by atoms with Gasteiger partial charge in [0, 0.05) is 17.3 Å². The van der Waals surface area contributed by atoms with Crippen molar-refractivity contribution in [3.8, 4) is 11.8 Å². The summed E-state index contributed by atoms with van der Waals surface area (Å²) in [4.78, 5) is 7.72. The average molecular weight is 356 g/mol. The van der Waals surface area contributed by atoms with Gasteiger partial charge in [0.05, 0.1) is 5.69 Å². The van der Waals surface area contributed by atoms with E-state index in [0.717, 1.165) is 59.8 Å². The topological polar surface area (TPSA) is 28.1 Å². The number of fused-ring (bicyclic) bond motifs is 1. The second-order valence-corrected chi connectivity index (χ2v) is 6.79. The van der Waals surface area contributed by atoms with Crippen molar-refractivity contribution in [3.63, 3.8) is 0 Å². The minimum Gasteiger partial charge on any atom is -0.333 e. The summed E-state index contributed by atoms with van der Waals surface area (Å²) in [5.74, 6) is 6.23. The summed E-state index contributed by atoms with van der Waals surface area (Å²) in [6.07, 6.45) is 6.06. The maximum Gasteiger partial charge on any atom is 0.132 e. The minimum atomic E-state index is -0.162. The zero-order valence-electron chi connectivity index (χ0n) is 15.1. The van der Waals surface area contributed by atoms with Gasteiger partial charge in [-0.1, -0.05) is 36.3 Å². The molecule has 0 fully saturated rings. The molecule has 0 radical (unpaired) electrons. The van der Waals surface area contributed by atoms with Crippen molar-refractivity contribution in [2.45, 2.75) is 25.7 Å². The second-order valence-electron chi connectivity index (χ2n) is 6.79. The third-order valence-electron chi connectivity index (χ3n) is 4.70. The first-order valence-electron chi connectivity index (χ1n) is 9.35. The summed E-state index contributed by atoms with van der Waals surface area (Å²) < 4.78 is 13.2. The Morgan fingerprint density at radius 1 is 0.963 bits per heavy atom. The largest absolute Gasteiger partial charge is 0.333 e. The minimum absolute atomic E-state index is 0.162. The molecule has 0 spiro atoms. The summed E-state index contributed by atoms with van der Waals surface area (Å²) in [6, 6.07) is 17.3. The van der Waals surface area contributed by atoms with Gasteiger partial charge in [0.1, 0.15) is 11.3 Å². The Morgan fingerprint density at radius 3 is 2.63 bits per heavy atom. The normalized spacial score (nSPS) is 12.3. The van der Waals surface area contributed by atoms with Gasteiger partial charge in [0.2, 0.25) is 0 Å². The lowest BCUT2D eigenvalue weighted by Gasteiger charge is -2.03. The molecule has 1 aliphatic heterocycles. The second kappa shape index (κ2) is 8.05. The summed E-state index contributed by atoms with van der Waals surface area (Å²) >= 11 is 0. The monoisotopic (exact) mass is 356 g/mol. The molecule has 2 nitrogen and oxygen atoms in total. The van der Waals surface area contributed by atoms with Gasteiger partial charge in [-0.3, -0.25) is 4.99 Å².